The molecule has 26 heavy (non-hydrogen) atoms. The molecule has 0 atom stereocenters. The van der Waals surface area contributed by atoms with Gasteiger partial charge in [-0.25, -0.2) is 0 Å². The summed E-state index contributed by atoms with van der Waals surface area (Å²) in [6.07, 6.45) is 10.0. The third kappa shape index (κ3) is 4.75. The molecule has 1 radical (unpaired) electrons. The fraction of sp³-hybridized carbons (Fsp3) is 0.458. The highest BCUT2D eigenvalue weighted by atomic mass is 16.2. The van der Waals surface area contributed by atoms with Crippen LogP contribution in [-0.4, -0.2) is 11.9 Å². The highest BCUT2D eigenvalue weighted by Crippen LogP contribution is 2.34. The van der Waals surface area contributed by atoms with Gasteiger partial charge in [0.2, 0.25) is 0 Å². The fourth-order valence-electron chi connectivity index (χ4n) is 4.13. The van der Waals surface area contributed by atoms with E-state index in [2.05, 4.69) is 13.0 Å². The maximum absolute atomic E-state index is 13.3. The van der Waals surface area contributed by atoms with Crippen LogP contribution in [-0.2, 0) is 0 Å². The molecule has 1 saturated carbocycles. The number of carbonyl (C=O) groups is 1. The number of amides is 1. The van der Waals surface area contributed by atoms with Crippen molar-refractivity contribution in [3.05, 3.63) is 66.2 Å². The van der Waals surface area contributed by atoms with Crippen molar-refractivity contribution in [2.24, 2.45) is 5.92 Å². The third-order valence-corrected chi connectivity index (χ3v) is 5.62. The van der Waals surface area contributed by atoms with Gasteiger partial charge in [0.25, 0.3) is 5.91 Å². The van der Waals surface area contributed by atoms with Crippen molar-refractivity contribution in [3.63, 3.8) is 0 Å². The van der Waals surface area contributed by atoms with E-state index in [-0.39, 0.29) is 5.91 Å². The predicted molar refractivity (Wildman–Crippen MR) is 108 cm³/mol. The molecule has 0 heterocycles. The summed E-state index contributed by atoms with van der Waals surface area (Å²) in [5.74, 6) is 0.960. The Labute approximate surface area is 158 Å². The molecular weight excluding hydrogens is 318 g/mol. The Hall–Kier alpha value is -2.09. The quantitative estimate of drug-likeness (QED) is 0.540. The Bertz CT molecular complexity index is 659. The van der Waals surface area contributed by atoms with Crippen LogP contribution in [0.3, 0.4) is 0 Å². The average molecular weight is 349 g/mol. The summed E-state index contributed by atoms with van der Waals surface area (Å²) >= 11 is 0. The van der Waals surface area contributed by atoms with Crippen molar-refractivity contribution in [1.82, 2.24) is 0 Å². The minimum absolute atomic E-state index is 0.117. The molecule has 1 fully saturated rings. The van der Waals surface area contributed by atoms with E-state index in [9.17, 15) is 4.79 Å². The molecule has 1 aliphatic rings. The van der Waals surface area contributed by atoms with E-state index >= 15 is 0 Å². The summed E-state index contributed by atoms with van der Waals surface area (Å²) in [7, 11) is 0. The molecule has 2 nitrogen and oxygen atoms in total. The van der Waals surface area contributed by atoms with Gasteiger partial charge < -0.3 is 4.90 Å². The SMILES string of the molecule is CCCCCC1CCC(N(C(=O)c2ccccc2)c2cc[c]cc2)CC1. The van der Waals surface area contributed by atoms with E-state index < -0.39 is 0 Å². The van der Waals surface area contributed by atoms with Crippen LogP contribution in [0, 0.1) is 12.0 Å². The van der Waals surface area contributed by atoms with Crippen LogP contribution in [0.1, 0.15) is 68.6 Å². The van der Waals surface area contributed by atoms with Crippen LogP contribution in [0.25, 0.3) is 0 Å². The van der Waals surface area contributed by atoms with Crippen molar-refractivity contribution in [2.75, 3.05) is 4.90 Å². The minimum Gasteiger partial charge on any atom is -0.305 e. The molecule has 0 aliphatic heterocycles. The lowest BCUT2D eigenvalue weighted by molar-refractivity contribution is 0.0966. The van der Waals surface area contributed by atoms with Crippen LogP contribution >= 0.6 is 0 Å². The zero-order valence-corrected chi connectivity index (χ0v) is 15.9. The van der Waals surface area contributed by atoms with E-state index in [1.165, 1.54) is 38.5 Å². The van der Waals surface area contributed by atoms with Gasteiger partial charge in [0.05, 0.1) is 0 Å². The largest absolute Gasteiger partial charge is 0.305 e. The topological polar surface area (TPSA) is 20.3 Å². The molecule has 1 amide bonds. The van der Waals surface area contributed by atoms with Crippen LogP contribution in [0.5, 0.6) is 0 Å². The van der Waals surface area contributed by atoms with Crippen molar-refractivity contribution >= 4 is 11.6 Å². The zero-order valence-electron chi connectivity index (χ0n) is 15.9. The van der Waals surface area contributed by atoms with Crippen LogP contribution in [0.4, 0.5) is 5.69 Å². The number of anilines is 1. The monoisotopic (exact) mass is 348 g/mol. The Kier molecular flexibility index (Phi) is 6.88. The van der Waals surface area contributed by atoms with Crippen LogP contribution in [0.2, 0.25) is 0 Å². The lowest BCUT2D eigenvalue weighted by Gasteiger charge is -2.37. The summed E-state index contributed by atoms with van der Waals surface area (Å²) in [4.78, 5) is 15.3. The highest BCUT2D eigenvalue weighted by molar-refractivity contribution is 6.06. The maximum atomic E-state index is 13.3. The maximum Gasteiger partial charge on any atom is 0.258 e. The molecule has 2 aromatic rings. The van der Waals surface area contributed by atoms with Gasteiger partial charge in [-0.1, -0.05) is 62.9 Å². The Morgan fingerprint density at radius 1 is 1.00 bits per heavy atom. The van der Waals surface area contributed by atoms with E-state index in [1.807, 2.05) is 59.5 Å². The van der Waals surface area contributed by atoms with Gasteiger partial charge >= 0.3 is 0 Å². The second kappa shape index (κ2) is 9.56. The van der Waals surface area contributed by atoms with Crippen LogP contribution < -0.4 is 4.90 Å². The zero-order chi connectivity index (χ0) is 18.2. The standard InChI is InChI=1S/C24H30NO/c1-2-3-6-11-20-16-18-23(19-17-20)25(22-14-9-5-10-15-22)24(26)21-12-7-4-8-13-21/h4,7-10,12-15,20,23H,2-3,6,11,16-19H2,1H3. The molecular formula is C24H30NO. The lowest BCUT2D eigenvalue weighted by Crippen LogP contribution is -2.42. The average Bonchev–Trinajstić information content (AvgIpc) is 2.71. The van der Waals surface area contributed by atoms with E-state index in [0.29, 0.717) is 6.04 Å². The van der Waals surface area contributed by atoms with E-state index in [4.69, 9.17) is 0 Å². The first-order chi connectivity index (χ1) is 12.8. The van der Waals surface area contributed by atoms with Gasteiger partial charge in [0, 0.05) is 17.3 Å². The van der Waals surface area contributed by atoms with E-state index in [1.54, 1.807) is 0 Å². The molecule has 0 unspecified atom stereocenters. The lowest BCUT2D eigenvalue weighted by atomic mass is 9.82. The Morgan fingerprint density at radius 3 is 2.35 bits per heavy atom. The molecule has 0 spiro atoms. The minimum atomic E-state index is 0.117. The predicted octanol–water partition coefficient (Wildman–Crippen LogP) is 6.27. The Morgan fingerprint density at radius 2 is 1.69 bits per heavy atom. The third-order valence-electron chi connectivity index (χ3n) is 5.62. The highest BCUT2D eigenvalue weighted by Gasteiger charge is 2.30. The number of benzene rings is 2. The second-order valence-electron chi connectivity index (χ2n) is 7.47. The number of hydrogen-bond donors (Lipinski definition) is 0. The molecule has 1 aliphatic carbocycles. The second-order valence-corrected chi connectivity index (χ2v) is 7.47. The van der Waals surface area contributed by atoms with E-state index in [0.717, 1.165) is 30.0 Å². The number of carbonyl (C=O) groups excluding carboxylic acids is 1. The van der Waals surface area contributed by atoms with Gasteiger partial charge in [-0.3, -0.25) is 4.79 Å². The summed E-state index contributed by atoms with van der Waals surface area (Å²) in [5.41, 5.74) is 1.76. The van der Waals surface area contributed by atoms with Crippen molar-refractivity contribution in [2.45, 2.75) is 64.3 Å². The first kappa shape index (κ1) is 18.7. The number of nitrogens with zero attached hydrogens (tertiary/aromatic N) is 1. The van der Waals surface area contributed by atoms with Gasteiger partial charge in [0.1, 0.15) is 0 Å². The molecule has 2 heteroatoms. The summed E-state index contributed by atoms with van der Waals surface area (Å²) in [6, 6.07) is 20.9. The first-order valence-electron chi connectivity index (χ1n) is 10.1. The summed E-state index contributed by atoms with van der Waals surface area (Å²) < 4.78 is 0. The van der Waals surface area contributed by atoms with Gasteiger partial charge in [0.15, 0.2) is 0 Å². The summed E-state index contributed by atoms with van der Waals surface area (Å²) in [6.45, 7) is 2.27. The number of rotatable bonds is 7. The summed E-state index contributed by atoms with van der Waals surface area (Å²) in [5, 5.41) is 0. The molecule has 0 bridgehead atoms. The molecule has 0 saturated heterocycles. The normalized spacial score (nSPS) is 19.9. The van der Waals surface area contributed by atoms with Gasteiger partial charge in [-0.05, 0) is 61.9 Å². The molecule has 0 N–H and O–H groups in total. The molecule has 0 aromatic heterocycles. The van der Waals surface area contributed by atoms with Gasteiger partial charge in [-0.15, -0.1) is 0 Å². The first-order valence-corrected chi connectivity index (χ1v) is 10.1. The fourth-order valence-corrected chi connectivity index (χ4v) is 4.13. The molecule has 3 rings (SSSR count). The Balaban J connectivity index is 1.72. The van der Waals surface area contributed by atoms with Crippen molar-refractivity contribution in [1.29, 1.82) is 0 Å². The van der Waals surface area contributed by atoms with Crippen molar-refractivity contribution in [3.8, 4) is 0 Å². The van der Waals surface area contributed by atoms with Gasteiger partial charge in [-0.2, -0.15) is 0 Å². The number of unbranched alkanes of at least 4 members (excludes halogenated alkanes) is 2. The molecule has 137 valence electrons. The van der Waals surface area contributed by atoms with Crippen molar-refractivity contribution < 1.29 is 4.79 Å². The van der Waals surface area contributed by atoms with Crippen LogP contribution in [0.15, 0.2) is 54.6 Å². The smallest absolute Gasteiger partial charge is 0.258 e. The molecule has 2 aromatic carbocycles. The number of hydrogen-bond acceptors (Lipinski definition) is 1.